The summed E-state index contributed by atoms with van der Waals surface area (Å²) in [6, 6.07) is 0. The van der Waals surface area contributed by atoms with E-state index in [-0.39, 0.29) is 0 Å². The van der Waals surface area contributed by atoms with Crippen LogP contribution in [0.15, 0.2) is 23.0 Å². The first-order valence-corrected chi connectivity index (χ1v) is 4.91. The molecule has 0 atom stereocenters. The SMILES string of the molecule is O=S1(=O)C=CC=CS1. The molecule has 44 valence electrons. The molecule has 0 unspecified atom stereocenters. The van der Waals surface area contributed by atoms with E-state index in [0.29, 0.717) is 0 Å². The van der Waals surface area contributed by atoms with E-state index in [1.807, 2.05) is 0 Å². The summed E-state index contributed by atoms with van der Waals surface area (Å²) in [6.45, 7) is 0. The van der Waals surface area contributed by atoms with E-state index in [1.165, 1.54) is 16.9 Å². The standard InChI is InChI=1S/C4H4O2S2/c5-8(6)4-2-1-3-7-8/h1-4H. The molecule has 0 aromatic rings. The summed E-state index contributed by atoms with van der Waals surface area (Å²) < 4.78 is 21.0. The van der Waals surface area contributed by atoms with Crippen LogP contribution in [0.4, 0.5) is 0 Å². The summed E-state index contributed by atoms with van der Waals surface area (Å²) in [4.78, 5) is 0. The molecule has 1 heterocycles. The predicted octanol–water partition coefficient (Wildman–Crippen LogP) is 1.09. The van der Waals surface area contributed by atoms with Crippen LogP contribution in [-0.4, -0.2) is 8.42 Å². The third kappa shape index (κ3) is 1.38. The zero-order valence-electron chi connectivity index (χ0n) is 3.94. The van der Waals surface area contributed by atoms with Crippen LogP contribution in [0.3, 0.4) is 0 Å². The molecule has 4 heteroatoms. The second kappa shape index (κ2) is 1.95. The number of hydrogen-bond donors (Lipinski definition) is 0. The quantitative estimate of drug-likeness (QED) is 0.482. The van der Waals surface area contributed by atoms with Crippen LogP contribution in [0.1, 0.15) is 0 Å². The van der Waals surface area contributed by atoms with E-state index in [9.17, 15) is 8.42 Å². The lowest BCUT2D eigenvalue weighted by Gasteiger charge is -1.92. The molecule has 0 aliphatic carbocycles. The van der Waals surface area contributed by atoms with Crippen LogP contribution in [0.5, 0.6) is 0 Å². The second-order valence-corrected chi connectivity index (χ2v) is 4.94. The molecule has 0 fully saturated rings. The van der Waals surface area contributed by atoms with E-state index in [4.69, 9.17) is 0 Å². The van der Waals surface area contributed by atoms with Crippen molar-refractivity contribution in [2.45, 2.75) is 0 Å². The van der Waals surface area contributed by atoms with Crippen molar-refractivity contribution in [3.63, 3.8) is 0 Å². The molecular weight excluding hydrogens is 144 g/mol. The minimum absolute atomic E-state index is 0.825. The fraction of sp³-hybridized carbons (Fsp3) is 0. The first kappa shape index (κ1) is 5.91. The van der Waals surface area contributed by atoms with E-state index in [2.05, 4.69) is 0 Å². The molecule has 1 aliphatic rings. The van der Waals surface area contributed by atoms with Gasteiger partial charge in [0.05, 0.1) is 0 Å². The molecule has 0 saturated heterocycles. The molecule has 0 saturated carbocycles. The minimum Gasteiger partial charge on any atom is -0.213 e. The molecule has 8 heavy (non-hydrogen) atoms. The summed E-state index contributed by atoms with van der Waals surface area (Å²) in [5.74, 6) is 0. The Kier molecular flexibility index (Phi) is 1.44. The van der Waals surface area contributed by atoms with Gasteiger partial charge in [0, 0.05) is 16.2 Å². The second-order valence-electron chi connectivity index (χ2n) is 1.25. The van der Waals surface area contributed by atoms with Gasteiger partial charge in [-0.05, 0) is 11.5 Å². The topological polar surface area (TPSA) is 34.1 Å². The van der Waals surface area contributed by atoms with Crippen LogP contribution in [-0.2, 0) is 8.87 Å². The summed E-state index contributed by atoms with van der Waals surface area (Å²) in [5, 5.41) is 2.72. The monoisotopic (exact) mass is 148 g/mol. The third-order valence-electron chi connectivity index (χ3n) is 0.625. The van der Waals surface area contributed by atoms with Crippen LogP contribution < -0.4 is 0 Å². The van der Waals surface area contributed by atoms with Crippen molar-refractivity contribution in [2.75, 3.05) is 0 Å². The summed E-state index contributed by atoms with van der Waals surface area (Å²) in [6.07, 6.45) is 3.19. The Hall–Kier alpha value is -0.220. The van der Waals surface area contributed by atoms with E-state index >= 15 is 0 Å². The molecule has 0 radical (unpaired) electrons. The van der Waals surface area contributed by atoms with E-state index in [0.717, 1.165) is 10.8 Å². The van der Waals surface area contributed by atoms with Crippen molar-refractivity contribution in [3.8, 4) is 0 Å². The smallest absolute Gasteiger partial charge is 0.213 e. The highest BCUT2D eigenvalue weighted by Crippen LogP contribution is 2.18. The highest BCUT2D eigenvalue weighted by molar-refractivity contribution is 8.74. The molecule has 0 bridgehead atoms. The van der Waals surface area contributed by atoms with Crippen molar-refractivity contribution >= 4 is 19.7 Å². The van der Waals surface area contributed by atoms with Gasteiger partial charge in [-0.2, -0.15) is 0 Å². The Morgan fingerprint density at radius 2 is 2.00 bits per heavy atom. The van der Waals surface area contributed by atoms with Crippen LogP contribution in [0.25, 0.3) is 0 Å². The van der Waals surface area contributed by atoms with Crippen LogP contribution in [0.2, 0.25) is 0 Å². The Balaban J connectivity index is 2.98. The average molecular weight is 148 g/mol. The van der Waals surface area contributed by atoms with Gasteiger partial charge in [-0.3, -0.25) is 0 Å². The van der Waals surface area contributed by atoms with Gasteiger partial charge in [-0.25, -0.2) is 8.42 Å². The molecule has 1 rings (SSSR count). The lowest BCUT2D eigenvalue weighted by atomic mass is 10.6. The molecular formula is C4H4O2S2. The van der Waals surface area contributed by atoms with Gasteiger partial charge in [-0.15, -0.1) is 0 Å². The zero-order valence-corrected chi connectivity index (χ0v) is 5.58. The fourth-order valence-electron chi connectivity index (χ4n) is 0.329. The van der Waals surface area contributed by atoms with Gasteiger partial charge in [-0.1, -0.05) is 6.08 Å². The first-order valence-electron chi connectivity index (χ1n) is 1.97. The number of allylic oxidation sites excluding steroid dienone is 2. The molecule has 1 aliphatic heterocycles. The maximum absolute atomic E-state index is 10.5. The maximum atomic E-state index is 10.5. The summed E-state index contributed by atoms with van der Waals surface area (Å²) >= 11 is 0. The third-order valence-corrected chi connectivity index (χ3v) is 3.12. The van der Waals surface area contributed by atoms with Gasteiger partial charge in [0.1, 0.15) is 0 Å². The van der Waals surface area contributed by atoms with Crippen molar-refractivity contribution in [2.24, 2.45) is 0 Å². The molecule has 0 amide bonds. The largest absolute Gasteiger partial charge is 0.227 e. The highest BCUT2D eigenvalue weighted by Gasteiger charge is 2.04. The number of rotatable bonds is 0. The van der Waals surface area contributed by atoms with Crippen LogP contribution in [0, 0.1) is 0 Å². The minimum atomic E-state index is -2.93. The Bertz CT molecular complexity index is 222. The van der Waals surface area contributed by atoms with Crippen molar-refractivity contribution < 1.29 is 8.42 Å². The predicted molar refractivity (Wildman–Crippen MR) is 34.8 cm³/mol. The van der Waals surface area contributed by atoms with Gasteiger partial charge >= 0.3 is 0 Å². The van der Waals surface area contributed by atoms with E-state index < -0.39 is 8.87 Å². The average Bonchev–Trinajstić information content (AvgIpc) is 1.65. The molecule has 0 aromatic carbocycles. The van der Waals surface area contributed by atoms with Crippen molar-refractivity contribution in [1.29, 1.82) is 0 Å². The van der Waals surface area contributed by atoms with Gasteiger partial charge in [0.15, 0.2) is 0 Å². The normalized spacial score (nSPS) is 23.5. The molecule has 0 N–H and O–H groups in total. The lowest BCUT2D eigenvalue weighted by Crippen LogP contribution is -1.85. The highest BCUT2D eigenvalue weighted by atomic mass is 33.1. The van der Waals surface area contributed by atoms with Crippen LogP contribution >= 0.6 is 10.8 Å². The van der Waals surface area contributed by atoms with Gasteiger partial charge in [0.2, 0.25) is 8.87 Å². The Labute approximate surface area is 51.6 Å². The number of hydrogen-bond acceptors (Lipinski definition) is 3. The Morgan fingerprint density at radius 1 is 1.25 bits per heavy atom. The van der Waals surface area contributed by atoms with Gasteiger partial charge < -0.3 is 0 Å². The van der Waals surface area contributed by atoms with Crippen molar-refractivity contribution in [3.05, 3.63) is 23.0 Å². The maximum Gasteiger partial charge on any atom is 0.227 e. The van der Waals surface area contributed by atoms with Gasteiger partial charge in [0.25, 0.3) is 0 Å². The fourth-order valence-corrected chi connectivity index (χ4v) is 2.03. The molecule has 2 nitrogen and oxygen atoms in total. The first-order chi connectivity index (χ1) is 3.71. The van der Waals surface area contributed by atoms with Crippen molar-refractivity contribution in [1.82, 2.24) is 0 Å². The van der Waals surface area contributed by atoms with E-state index in [1.54, 1.807) is 6.08 Å². The molecule has 0 aromatic heterocycles. The zero-order chi connectivity index (χ0) is 6.04. The lowest BCUT2D eigenvalue weighted by molar-refractivity contribution is 0.618. The molecule has 0 spiro atoms. The Morgan fingerprint density at radius 3 is 2.25 bits per heavy atom. The summed E-state index contributed by atoms with van der Waals surface area (Å²) in [7, 11) is -2.11. The summed E-state index contributed by atoms with van der Waals surface area (Å²) in [5.41, 5.74) is 0.